The van der Waals surface area contributed by atoms with Crippen molar-refractivity contribution in [3.8, 4) is 0 Å². The van der Waals surface area contributed by atoms with Crippen LogP contribution in [0.25, 0.3) is 0 Å². The van der Waals surface area contributed by atoms with Gasteiger partial charge in [-0.3, -0.25) is 9.59 Å². The summed E-state index contributed by atoms with van der Waals surface area (Å²) in [6.45, 7) is 5.96. The summed E-state index contributed by atoms with van der Waals surface area (Å²) in [7, 11) is 0. The van der Waals surface area contributed by atoms with E-state index in [4.69, 9.17) is 0 Å². The van der Waals surface area contributed by atoms with Gasteiger partial charge in [0, 0.05) is 24.2 Å². The molecular weight excluding hydrogens is 468 g/mol. The molecule has 38 heavy (non-hydrogen) atoms. The van der Waals surface area contributed by atoms with Crippen molar-refractivity contribution >= 4 is 17.3 Å². The quantitative estimate of drug-likeness (QED) is 0.232. The Balaban J connectivity index is 1.28. The van der Waals surface area contributed by atoms with Crippen LogP contribution in [-0.4, -0.2) is 36.1 Å². The largest absolute Gasteiger partial charge is 0.334 e. The molecule has 5 rings (SSSR count). The molecule has 0 aromatic heterocycles. The van der Waals surface area contributed by atoms with Gasteiger partial charge in [0.1, 0.15) is 0 Å². The molecule has 1 saturated heterocycles. The predicted octanol–water partition coefficient (Wildman–Crippen LogP) is 6.95. The first-order chi connectivity index (χ1) is 18.6. The first-order valence-corrected chi connectivity index (χ1v) is 14.1. The Morgan fingerprint density at radius 3 is 2.32 bits per heavy atom. The highest BCUT2D eigenvalue weighted by Gasteiger charge is 2.35. The first kappa shape index (κ1) is 26.1. The van der Waals surface area contributed by atoms with Crippen LogP contribution in [0.15, 0.2) is 90.6 Å². The molecule has 196 valence electrons. The number of carbonyl (C=O) groups excluding carboxylic acids is 2. The Morgan fingerprint density at radius 1 is 0.868 bits per heavy atom. The zero-order chi connectivity index (χ0) is 26.3. The maximum Gasteiger partial charge on any atom is 0.186 e. The van der Waals surface area contributed by atoms with Gasteiger partial charge in [0.2, 0.25) is 0 Å². The van der Waals surface area contributed by atoms with Crippen molar-refractivity contribution in [2.75, 3.05) is 24.5 Å². The van der Waals surface area contributed by atoms with Crippen LogP contribution < -0.4 is 4.90 Å². The number of piperidine rings is 1. The third-order valence-electron chi connectivity index (χ3n) is 7.96. The third-order valence-corrected chi connectivity index (χ3v) is 7.96. The Kier molecular flexibility index (Phi) is 8.50. The molecule has 4 nitrogen and oxygen atoms in total. The number of carbonyl (C=O) groups is 2. The lowest BCUT2D eigenvalue weighted by Crippen LogP contribution is -2.36. The van der Waals surface area contributed by atoms with Gasteiger partial charge in [0.05, 0.1) is 11.6 Å². The number of rotatable bonds is 9. The fourth-order valence-electron chi connectivity index (χ4n) is 5.90. The molecule has 3 aromatic carbocycles. The highest BCUT2D eigenvalue weighted by molar-refractivity contribution is 6.07. The molecule has 0 aliphatic carbocycles. The fourth-order valence-corrected chi connectivity index (χ4v) is 5.90. The monoisotopic (exact) mass is 506 g/mol. The van der Waals surface area contributed by atoms with Gasteiger partial charge in [0.15, 0.2) is 11.6 Å². The van der Waals surface area contributed by atoms with E-state index in [1.54, 1.807) is 0 Å². The average molecular weight is 507 g/mol. The van der Waals surface area contributed by atoms with E-state index in [1.807, 2.05) is 67.6 Å². The lowest BCUT2D eigenvalue weighted by atomic mass is 9.82. The van der Waals surface area contributed by atoms with E-state index in [0.717, 1.165) is 41.0 Å². The van der Waals surface area contributed by atoms with Crippen molar-refractivity contribution in [1.82, 2.24) is 4.90 Å². The van der Waals surface area contributed by atoms with Crippen molar-refractivity contribution in [3.05, 3.63) is 113 Å². The highest BCUT2D eigenvalue weighted by Crippen LogP contribution is 2.40. The second kappa shape index (κ2) is 12.4. The van der Waals surface area contributed by atoms with Crippen LogP contribution in [0.5, 0.6) is 0 Å². The number of hydrogen-bond acceptors (Lipinski definition) is 4. The molecule has 1 atom stereocenters. The van der Waals surface area contributed by atoms with Gasteiger partial charge in [0.25, 0.3) is 0 Å². The normalized spacial score (nSPS) is 19.0. The number of anilines is 1. The topological polar surface area (TPSA) is 40.6 Å². The maximum absolute atomic E-state index is 13.8. The van der Waals surface area contributed by atoms with Gasteiger partial charge in [-0.25, -0.2) is 0 Å². The van der Waals surface area contributed by atoms with E-state index in [-0.39, 0.29) is 17.5 Å². The lowest BCUT2D eigenvalue weighted by molar-refractivity contribution is -0.117. The first-order valence-electron chi connectivity index (χ1n) is 14.1. The molecule has 0 saturated carbocycles. The molecule has 0 bridgehead atoms. The minimum absolute atomic E-state index is 0.153. The van der Waals surface area contributed by atoms with E-state index in [9.17, 15) is 9.59 Å². The molecule has 2 aliphatic rings. The maximum atomic E-state index is 13.8. The molecule has 0 radical (unpaired) electrons. The van der Waals surface area contributed by atoms with Crippen LogP contribution in [0.4, 0.5) is 5.69 Å². The number of likely N-dealkylation sites (tertiary alicyclic amines) is 1. The van der Waals surface area contributed by atoms with Crippen molar-refractivity contribution in [3.63, 3.8) is 0 Å². The smallest absolute Gasteiger partial charge is 0.186 e. The van der Waals surface area contributed by atoms with Crippen LogP contribution in [-0.2, 0) is 17.8 Å². The molecule has 1 unspecified atom stereocenters. The van der Waals surface area contributed by atoms with Gasteiger partial charge in [-0.2, -0.15) is 0 Å². The van der Waals surface area contributed by atoms with Crippen molar-refractivity contribution in [1.29, 1.82) is 0 Å². The molecule has 0 N–H and O–H groups in total. The van der Waals surface area contributed by atoms with Crippen molar-refractivity contribution < 1.29 is 9.59 Å². The van der Waals surface area contributed by atoms with E-state index < -0.39 is 0 Å². The second-order valence-corrected chi connectivity index (χ2v) is 10.6. The third kappa shape index (κ3) is 5.97. The number of para-hydroxylation sites is 1. The zero-order valence-electron chi connectivity index (χ0n) is 22.4. The number of benzene rings is 3. The van der Waals surface area contributed by atoms with E-state index in [0.29, 0.717) is 19.4 Å². The Hall–Kier alpha value is -3.50. The van der Waals surface area contributed by atoms with E-state index in [1.165, 1.54) is 37.9 Å². The number of fused-ring (bicyclic) bond motifs is 1. The van der Waals surface area contributed by atoms with Gasteiger partial charge in [-0.15, -0.1) is 0 Å². The molecule has 2 aliphatic heterocycles. The van der Waals surface area contributed by atoms with Crippen LogP contribution in [0.3, 0.4) is 0 Å². The molecule has 3 aromatic rings. The lowest BCUT2D eigenvalue weighted by Gasteiger charge is -2.37. The van der Waals surface area contributed by atoms with Crippen LogP contribution in [0.1, 0.15) is 72.0 Å². The van der Waals surface area contributed by atoms with Gasteiger partial charge in [-0.05, 0) is 75.0 Å². The summed E-state index contributed by atoms with van der Waals surface area (Å²) in [6, 6.07) is 26.5. The SMILES string of the molecule is C/C=C1/C(=O)C(Cc2ccc(C(=O)CCCN3CCCCC3)cc2)c2ccccc2N1Cc1ccccc1. The minimum Gasteiger partial charge on any atom is -0.334 e. The van der Waals surface area contributed by atoms with Crippen LogP contribution >= 0.6 is 0 Å². The number of nitrogens with zero attached hydrogens (tertiary/aromatic N) is 2. The number of ketones is 2. The zero-order valence-corrected chi connectivity index (χ0v) is 22.4. The summed E-state index contributed by atoms with van der Waals surface area (Å²) in [5.74, 6) is 0.121. The molecule has 0 spiro atoms. The van der Waals surface area contributed by atoms with Crippen molar-refractivity contribution in [2.45, 2.75) is 57.9 Å². The van der Waals surface area contributed by atoms with Gasteiger partial charge >= 0.3 is 0 Å². The standard InChI is InChI=1S/C34H38N2O2/c1-2-31-34(38)30(29-14-7-8-15-32(29)36(31)25-27-12-5-3-6-13-27)24-26-17-19-28(20-18-26)33(37)16-11-23-35-21-9-4-10-22-35/h2-3,5-8,12-15,17-20,30H,4,9-11,16,21-25H2,1H3/b31-2-. The summed E-state index contributed by atoms with van der Waals surface area (Å²) >= 11 is 0. The summed E-state index contributed by atoms with van der Waals surface area (Å²) in [5.41, 5.74) is 5.93. The molecule has 0 amide bonds. The highest BCUT2D eigenvalue weighted by atomic mass is 16.1. The average Bonchev–Trinajstić information content (AvgIpc) is 2.96. The summed E-state index contributed by atoms with van der Waals surface area (Å²) < 4.78 is 0. The number of allylic oxidation sites excluding steroid dienone is 2. The Labute approximate surface area is 227 Å². The van der Waals surface area contributed by atoms with E-state index in [2.05, 4.69) is 34.1 Å². The molecule has 2 heterocycles. The molecule has 4 heteroatoms. The summed E-state index contributed by atoms with van der Waals surface area (Å²) in [4.78, 5) is 31.2. The summed E-state index contributed by atoms with van der Waals surface area (Å²) in [6.07, 6.45) is 7.97. The second-order valence-electron chi connectivity index (χ2n) is 10.6. The van der Waals surface area contributed by atoms with Crippen LogP contribution in [0, 0.1) is 0 Å². The summed E-state index contributed by atoms with van der Waals surface area (Å²) in [5, 5.41) is 0. The predicted molar refractivity (Wildman–Crippen MR) is 155 cm³/mol. The number of Topliss-reactive ketones (excluding diaryl/α,β-unsaturated/α-hetero) is 2. The Bertz CT molecular complexity index is 1270. The Morgan fingerprint density at radius 2 is 1.58 bits per heavy atom. The van der Waals surface area contributed by atoms with Gasteiger partial charge < -0.3 is 9.80 Å². The van der Waals surface area contributed by atoms with Crippen LogP contribution in [0.2, 0.25) is 0 Å². The minimum atomic E-state index is -0.240. The van der Waals surface area contributed by atoms with Gasteiger partial charge in [-0.1, -0.05) is 85.3 Å². The number of hydrogen-bond donors (Lipinski definition) is 0. The fraction of sp³-hybridized carbons (Fsp3) is 0.353. The molecule has 1 fully saturated rings. The molecular formula is C34H38N2O2. The van der Waals surface area contributed by atoms with E-state index >= 15 is 0 Å². The van der Waals surface area contributed by atoms with Crippen molar-refractivity contribution in [2.24, 2.45) is 0 Å².